The van der Waals surface area contributed by atoms with E-state index in [2.05, 4.69) is 4.90 Å². The molecule has 0 aromatic heterocycles. The van der Waals surface area contributed by atoms with Crippen molar-refractivity contribution in [3.05, 3.63) is 11.6 Å². The van der Waals surface area contributed by atoms with Crippen molar-refractivity contribution in [2.75, 3.05) is 39.3 Å². The Hall–Kier alpha value is -0.870. The van der Waals surface area contributed by atoms with Gasteiger partial charge in [-0.2, -0.15) is 0 Å². The molecule has 1 rings (SSSR count). The first-order valence-electron chi connectivity index (χ1n) is 5.40. The lowest BCUT2D eigenvalue weighted by Gasteiger charge is -2.33. The van der Waals surface area contributed by atoms with E-state index in [-0.39, 0.29) is 12.5 Å². The molecule has 86 valence electrons. The highest BCUT2D eigenvalue weighted by atomic mass is 16.3. The lowest BCUT2D eigenvalue weighted by Crippen LogP contribution is -2.48. The van der Waals surface area contributed by atoms with E-state index in [0.717, 1.165) is 31.8 Å². The summed E-state index contributed by atoms with van der Waals surface area (Å²) in [6.07, 6.45) is 1.68. The van der Waals surface area contributed by atoms with Crippen LogP contribution in [0.3, 0.4) is 0 Å². The van der Waals surface area contributed by atoms with E-state index in [4.69, 9.17) is 5.11 Å². The Morgan fingerprint density at radius 1 is 1.27 bits per heavy atom. The summed E-state index contributed by atoms with van der Waals surface area (Å²) in [5.41, 5.74) is 1.04. The summed E-state index contributed by atoms with van der Waals surface area (Å²) in [7, 11) is 0. The third-order valence-corrected chi connectivity index (χ3v) is 2.51. The number of nitrogens with zero attached hydrogens (tertiary/aromatic N) is 2. The lowest BCUT2D eigenvalue weighted by atomic mass is 10.2. The van der Waals surface area contributed by atoms with Crippen molar-refractivity contribution in [3.8, 4) is 0 Å². The summed E-state index contributed by atoms with van der Waals surface area (Å²) in [4.78, 5) is 15.7. The number of carbonyl (C=O) groups excluding carboxylic acids is 1. The quantitative estimate of drug-likeness (QED) is 0.674. The molecule has 1 fully saturated rings. The van der Waals surface area contributed by atoms with E-state index < -0.39 is 0 Å². The van der Waals surface area contributed by atoms with Crippen molar-refractivity contribution in [3.63, 3.8) is 0 Å². The first-order valence-corrected chi connectivity index (χ1v) is 5.40. The molecule has 1 amide bonds. The van der Waals surface area contributed by atoms with E-state index >= 15 is 0 Å². The first-order chi connectivity index (χ1) is 7.13. The number of aliphatic hydroxyl groups is 1. The van der Waals surface area contributed by atoms with Crippen LogP contribution >= 0.6 is 0 Å². The third kappa shape index (κ3) is 4.01. The Morgan fingerprint density at radius 2 is 1.87 bits per heavy atom. The van der Waals surface area contributed by atoms with Crippen molar-refractivity contribution in [2.45, 2.75) is 13.8 Å². The van der Waals surface area contributed by atoms with Crippen LogP contribution in [0.15, 0.2) is 11.6 Å². The number of amides is 1. The summed E-state index contributed by atoms with van der Waals surface area (Å²) < 4.78 is 0. The highest BCUT2D eigenvalue weighted by molar-refractivity contribution is 5.88. The normalized spacial score (nSPS) is 17.7. The predicted molar refractivity (Wildman–Crippen MR) is 59.5 cm³/mol. The van der Waals surface area contributed by atoms with Crippen LogP contribution in [0.2, 0.25) is 0 Å². The number of allylic oxidation sites excluding steroid dienone is 1. The molecule has 0 saturated carbocycles. The first kappa shape index (κ1) is 12.2. The molecule has 0 bridgehead atoms. The maximum atomic E-state index is 11.7. The number of β-amino-alcohol motifs (C(OH)–C–C–N with tert-alkyl or cyclic N) is 1. The maximum Gasteiger partial charge on any atom is 0.246 e. The molecular weight excluding hydrogens is 192 g/mol. The number of hydrogen-bond acceptors (Lipinski definition) is 3. The van der Waals surface area contributed by atoms with Gasteiger partial charge in [0.05, 0.1) is 6.61 Å². The van der Waals surface area contributed by atoms with Gasteiger partial charge in [-0.3, -0.25) is 9.69 Å². The molecule has 0 spiro atoms. The number of aliphatic hydroxyl groups excluding tert-OH is 1. The number of piperazine rings is 1. The third-order valence-electron chi connectivity index (χ3n) is 2.51. The zero-order valence-corrected chi connectivity index (χ0v) is 9.57. The van der Waals surface area contributed by atoms with Crippen molar-refractivity contribution in [1.82, 2.24) is 9.80 Å². The van der Waals surface area contributed by atoms with Crippen LogP contribution in [-0.4, -0.2) is 60.1 Å². The molecule has 0 aromatic rings. The molecule has 0 radical (unpaired) electrons. The van der Waals surface area contributed by atoms with E-state index in [0.29, 0.717) is 6.54 Å². The van der Waals surface area contributed by atoms with Crippen molar-refractivity contribution >= 4 is 5.91 Å². The Kier molecular flexibility index (Phi) is 4.78. The van der Waals surface area contributed by atoms with Crippen LogP contribution in [0.1, 0.15) is 13.8 Å². The Labute approximate surface area is 91.2 Å². The number of carbonyl (C=O) groups is 1. The molecule has 15 heavy (non-hydrogen) atoms. The SMILES string of the molecule is CC(C)=CC(=O)N1CCN(CCO)CC1. The minimum atomic E-state index is 0.110. The van der Waals surface area contributed by atoms with Crippen LogP contribution in [0, 0.1) is 0 Å². The summed E-state index contributed by atoms with van der Waals surface area (Å²) in [5.74, 6) is 0.110. The van der Waals surface area contributed by atoms with Gasteiger partial charge in [-0.15, -0.1) is 0 Å². The van der Waals surface area contributed by atoms with Gasteiger partial charge in [0.1, 0.15) is 0 Å². The predicted octanol–water partition coefficient (Wildman–Crippen LogP) is 0.0891. The Balaban J connectivity index is 2.37. The fourth-order valence-electron chi connectivity index (χ4n) is 1.67. The minimum Gasteiger partial charge on any atom is -0.395 e. The topological polar surface area (TPSA) is 43.8 Å². The second-order valence-electron chi connectivity index (χ2n) is 4.11. The van der Waals surface area contributed by atoms with Gasteiger partial charge < -0.3 is 10.0 Å². The highest BCUT2D eigenvalue weighted by Gasteiger charge is 2.18. The summed E-state index contributed by atoms with van der Waals surface area (Å²) in [6.45, 7) is 8.03. The van der Waals surface area contributed by atoms with Crippen LogP contribution < -0.4 is 0 Å². The molecule has 4 heteroatoms. The fourth-order valence-corrected chi connectivity index (χ4v) is 1.67. The summed E-state index contributed by atoms with van der Waals surface area (Å²) >= 11 is 0. The largest absolute Gasteiger partial charge is 0.395 e. The van der Waals surface area contributed by atoms with Gasteiger partial charge in [-0.25, -0.2) is 0 Å². The molecule has 1 N–H and O–H groups in total. The number of hydrogen-bond donors (Lipinski definition) is 1. The van der Waals surface area contributed by atoms with Gasteiger partial charge in [-0.05, 0) is 13.8 Å². The molecule has 1 saturated heterocycles. The monoisotopic (exact) mass is 212 g/mol. The lowest BCUT2D eigenvalue weighted by molar-refractivity contribution is -0.127. The van der Waals surface area contributed by atoms with Gasteiger partial charge in [-0.1, -0.05) is 5.57 Å². The van der Waals surface area contributed by atoms with E-state index in [1.807, 2.05) is 18.7 Å². The van der Waals surface area contributed by atoms with E-state index in [9.17, 15) is 4.79 Å². The molecule has 1 aliphatic rings. The van der Waals surface area contributed by atoms with Gasteiger partial charge in [0.25, 0.3) is 0 Å². The molecular formula is C11H20N2O2. The van der Waals surface area contributed by atoms with Crippen LogP contribution in [0.4, 0.5) is 0 Å². The average molecular weight is 212 g/mol. The van der Waals surface area contributed by atoms with Gasteiger partial charge in [0.15, 0.2) is 0 Å². The molecule has 1 heterocycles. The zero-order valence-electron chi connectivity index (χ0n) is 9.57. The zero-order chi connectivity index (χ0) is 11.3. The Morgan fingerprint density at radius 3 is 2.33 bits per heavy atom. The molecule has 0 atom stereocenters. The molecule has 0 unspecified atom stereocenters. The smallest absolute Gasteiger partial charge is 0.246 e. The molecule has 0 aliphatic carbocycles. The maximum absolute atomic E-state index is 11.7. The van der Waals surface area contributed by atoms with E-state index in [1.54, 1.807) is 6.08 Å². The van der Waals surface area contributed by atoms with Crippen LogP contribution in [0.5, 0.6) is 0 Å². The van der Waals surface area contributed by atoms with Crippen molar-refractivity contribution in [1.29, 1.82) is 0 Å². The average Bonchev–Trinajstić information content (AvgIpc) is 2.18. The summed E-state index contributed by atoms with van der Waals surface area (Å²) in [6, 6.07) is 0. The van der Waals surface area contributed by atoms with Gasteiger partial charge >= 0.3 is 0 Å². The van der Waals surface area contributed by atoms with Crippen LogP contribution in [0.25, 0.3) is 0 Å². The minimum absolute atomic E-state index is 0.110. The summed E-state index contributed by atoms with van der Waals surface area (Å²) in [5, 5.41) is 8.78. The second kappa shape index (κ2) is 5.88. The van der Waals surface area contributed by atoms with Crippen LogP contribution in [-0.2, 0) is 4.79 Å². The Bertz CT molecular complexity index is 239. The highest BCUT2D eigenvalue weighted by Crippen LogP contribution is 2.03. The fraction of sp³-hybridized carbons (Fsp3) is 0.727. The van der Waals surface area contributed by atoms with Crippen molar-refractivity contribution in [2.24, 2.45) is 0 Å². The van der Waals surface area contributed by atoms with Gasteiger partial charge in [0.2, 0.25) is 5.91 Å². The molecule has 4 nitrogen and oxygen atoms in total. The van der Waals surface area contributed by atoms with Gasteiger partial charge in [0, 0.05) is 38.8 Å². The molecule has 0 aromatic carbocycles. The van der Waals surface area contributed by atoms with E-state index in [1.165, 1.54) is 0 Å². The number of rotatable bonds is 3. The van der Waals surface area contributed by atoms with Crippen molar-refractivity contribution < 1.29 is 9.90 Å². The second-order valence-corrected chi connectivity index (χ2v) is 4.11. The molecule has 1 aliphatic heterocycles. The standard InChI is InChI=1S/C11H20N2O2/c1-10(2)9-11(15)13-5-3-12(4-6-13)7-8-14/h9,14H,3-8H2,1-2H3.